The van der Waals surface area contributed by atoms with Crippen molar-refractivity contribution in [2.75, 3.05) is 5.32 Å². The number of benzene rings is 1. The van der Waals surface area contributed by atoms with Crippen molar-refractivity contribution in [1.29, 1.82) is 0 Å². The van der Waals surface area contributed by atoms with Crippen LogP contribution < -0.4 is 5.32 Å². The fourth-order valence-electron chi connectivity index (χ4n) is 2.27. The highest BCUT2D eigenvalue weighted by Crippen LogP contribution is 2.17. The van der Waals surface area contributed by atoms with Gasteiger partial charge in [0.1, 0.15) is 5.65 Å². The molecule has 1 aromatic carbocycles. The Morgan fingerprint density at radius 3 is 3.14 bits per heavy atom. The predicted octanol–water partition coefficient (Wildman–Crippen LogP) is 2.46. The largest absolute Gasteiger partial charge is 0.322 e. The van der Waals surface area contributed by atoms with Crippen molar-refractivity contribution < 1.29 is 4.79 Å². The van der Waals surface area contributed by atoms with Gasteiger partial charge >= 0.3 is 0 Å². The topological polar surface area (TPSA) is 75.1 Å². The van der Waals surface area contributed by atoms with Gasteiger partial charge in [-0.15, -0.1) is 0 Å². The molecule has 1 amide bonds. The highest BCUT2D eigenvalue weighted by Gasteiger charge is 2.08. The van der Waals surface area contributed by atoms with Gasteiger partial charge in [0.05, 0.1) is 17.3 Å². The van der Waals surface area contributed by atoms with Gasteiger partial charge < -0.3 is 9.72 Å². The number of carbonyl (C=O) groups excluding carboxylic acids is 1. The monoisotopic (exact) mass is 277 g/mol. The summed E-state index contributed by atoms with van der Waals surface area (Å²) in [6.45, 7) is 0. The molecule has 0 fully saturated rings. The van der Waals surface area contributed by atoms with E-state index in [9.17, 15) is 4.79 Å². The number of hydrogen-bond donors (Lipinski definition) is 2. The van der Waals surface area contributed by atoms with E-state index in [1.54, 1.807) is 24.7 Å². The van der Waals surface area contributed by atoms with Gasteiger partial charge in [0, 0.05) is 29.7 Å². The van der Waals surface area contributed by atoms with Gasteiger partial charge in [-0.05, 0) is 30.3 Å². The van der Waals surface area contributed by atoms with Crippen LogP contribution in [0, 0.1) is 0 Å². The molecule has 2 N–H and O–H groups in total. The number of pyridine rings is 1. The molecule has 0 saturated carbocycles. The fourth-order valence-corrected chi connectivity index (χ4v) is 2.27. The van der Waals surface area contributed by atoms with E-state index in [4.69, 9.17) is 0 Å². The Hall–Kier alpha value is -3.15. The molecule has 0 spiro atoms. The Labute approximate surface area is 119 Å². The molecule has 6 heteroatoms. The maximum atomic E-state index is 12.3. The minimum Gasteiger partial charge on any atom is -0.322 e. The third-order valence-electron chi connectivity index (χ3n) is 3.35. The van der Waals surface area contributed by atoms with Crippen LogP contribution in [-0.2, 0) is 0 Å². The summed E-state index contributed by atoms with van der Waals surface area (Å²) in [7, 11) is 0. The molecule has 0 aliphatic rings. The predicted molar refractivity (Wildman–Crippen MR) is 79.2 cm³/mol. The molecule has 0 unspecified atom stereocenters. The minimum atomic E-state index is -0.163. The lowest BCUT2D eigenvalue weighted by Crippen LogP contribution is -2.12. The summed E-state index contributed by atoms with van der Waals surface area (Å²) in [4.78, 5) is 16.4. The van der Waals surface area contributed by atoms with Gasteiger partial charge in [-0.1, -0.05) is 0 Å². The van der Waals surface area contributed by atoms with Crippen LogP contribution in [0.3, 0.4) is 0 Å². The molecule has 0 bridgehead atoms. The van der Waals surface area contributed by atoms with Crippen molar-refractivity contribution in [3.05, 3.63) is 60.7 Å². The molecule has 0 saturated heterocycles. The van der Waals surface area contributed by atoms with Crippen LogP contribution in [0.15, 0.2) is 55.1 Å². The summed E-state index contributed by atoms with van der Waals surface area (Å²) in [5, 5.41) is 10.7. The zero-order valence-electron chi connectivity index (χ0n) is 10.9. The number of nitrogens with one attached hydrogen (secondary N) is 2. The number of H-pyrrole nitrogens is 1. The SMILES string of the molecule is O=C(Nc1ccc2cn[nH]c2c1)c1ccc2nccn2c1. The summed E-state index contributed by atoms with van der Waals surface area (Å²) in [6, 6.07) is 9.19. The van der Waals surface area contributed by atoms with Crippen molar-refractivity contribution in [3.8, 4) is 0 Å². The minimum absolute atomic E-state index is 0.163. The molecule has 21 heavy (non-hydrogen) atoms. The second kappa shape index (κ2) is 4.45. The van der Waals surface area contributed by atoms with Crippen LogP contribution in [0.4, 0.5) is 5.69 Å². The number of fused-ring (bicyclic) bond motifs is 2. The van der Waals surface area contributed by atoms with Crippen LogP contribution in [0.2, 0.25) is 0 Å². The summed E-state index contributed by atoms with van der Waals surface area (Å²) in [5.41, 5.74) is 3.00. The van der Waals surface area contributed by atoms with Gasteiger partial charge in [0.2, 0.25) is 0 Å². The van der Waals surface area contributed by atoms with Crippen LogP contribution in [0.5, 0.6) is 0 Å². The summed E-state index contributed by atoms with van der Waals surface area (Å²) < 4.78 is 1.81. The zero-order valence-corrected chi connectivity index (χ0v) is 10.9. The number of amides is 1. The molecule has 4 aromatic rings. The first-order chi connectivity index (χ1) is 10.3. The molecule has 0 atom stereocenters. The highest BCUT2D eigenvalue weighted by molar-refractivity contribution is 6.05. The van der Waals surface area contributed by atoms with Crippen LogP contribution >= 0.6 is 0 Å². The molecule has 3 aromatic heterocycles. The van der Waals surface area contributed by atoms with Crippen LogP contribution in [-0.4, -0.2) is 25.5 Å². The van der Waals surface area contributed by atoms with E-state index in [1.807, 2.05) is 34.9 Å². The van der Waals surface area contributed by atoms with Crippen molar-refractivity contribution in [3.63, 3.8) is 0 Å². The normalized spacial score (nSPS) is 11.0. The van der Waals surface area contributed by atoms with Gasteiger partial charge in [-0.2, -0.15) is 5.10 Å². The standard InChI is InChI=1S/C15H11N5O/c21-15(11-2-4-14-16-5-6-20(14)9-11)18-12-3-1-10-8-17-19-13(10)7-12/h1-9H,(H,17,19)(H,18,21). The molecule has 3 heterocycles. The zero-order chi connectivity index (χ0) is 14.2. The molecule has 0 radical (unpaired) electrons. The maximum Gasteiger partial charge on any atom is 0.257 e. The Morgan fingerprint density at radius 2 is 2.19 bits per heavy atom. The lowest BCUT2D eigenvalue weighted by atomic mass is 10.2. The van der Waals surface area contributed by atoms with Crippen molar-refractivity contribution in [2.24, 2.45) is 0 Å². The number of rotatable bonds is 2. The van der Waals surface area contributed by atoms with E-state index >= 15 is 0 Å². The molecule has 4 rings (SSSR count). The number of aromatic nitrogens is 4. The van der Waals surface area contributed by atoms with E-state index in [-0.39, 0.29) is 5.91 Å². The average molecular weight is 277 g/mol. The lowest BCUT2D eigenvalue weighted by Gasteiger charge is -2.06. The summed E-state index contributed by atoms with van der Waals surface area (Å²) in [6.07, 6.45) is 7.01. The van der Waals surface area contributed by atoms with E-state index in [0.29, 0.717) is 5.56 Å². The third kappa shape index (κ3) is 2.02. The Balaban J connectivity index is 1.64. The quantitative estimate of drug-likeness (QED) is 0.591. The Bertz CT molecular complexity index is 953. The number of imidazole rings is 1. The molecular weight excluding hydrogens is 266 g/mol. The molecule has 6 nitrogen and oxygen atoms in total. The number of hydrogen-bond acceptors (Lipinski definition) is 3. The number of anilines is 1. The number of nitrogens with zero attached hydrogens (tertiary/aromatic N) is 3. The van der Waals surface area contributed by atoms with Gasteiger partial charge in [-0.25, -0.2) is 4.98 Å². The van der Waals surface area contributed by atoms with Gasteiger partial charge in [-0.3, -0.25) is 9.89 Å². The fraction of sp³-hybridized carbons (Fsp3) is 0. The van der Waals surface area contributed by atoms with Crippen molar-refractivity contribution in [2.45, 2.75) is 0 Å². The average Bonchev–Trinajstić information content (AvgIpc) is 3.14. The maximum absolute atomic E-state index is 12.3. The molecule has 102 valence electrons. The first-order valence-electron chi connectivity index (χ1n) is 6.47. The highest BCUT2D eigenvalue weighted by atomic mass is 16.1. The first-order valence-corrected chi connectivity index (χ1v) is 6.47. The second-order valence-electron chi connectivity index (χ2n) is 4.74. The number of carbonyl (C=O) groups is 1. The van der Waals surface area contributed by atoms with E-state index in [0.717, 1.165) is 22.2 Å². The molecular formula is C15H11N5O. The summed E-state index contributed by atoms with van der Waals surface area (Å²) in [5.74, 6) is -0.163. The van der Waals surface area contributed by atoms with Crippen molar-refractivity contribution >= 4 is 28.1 Å². The Kier molecular flexibility index (Phi) is 2.47. The van der Waals surface area contributed by atoms with E-state index < -0.39 is 0 Å². The first kappa shape index (κ1) is 11.7. The molecule has 0 aliphatic heterocycles. The third-order valence-corrected chi connectivity index (χ3v) is 3.35. The van der Waals surface area contributed by atoms with E-state index in [1.165, 1.54) is 0 Å². The Morgan fingerprint density at radius 1 is 1.24 bits per heavy atom. The van der Waals surface area contributed by atoms with Crippen LogP contribution in [0.1, 0.15) is 10.4 Å². The van der Waals surface area contributed by atoms with Crippen LogP contribution in [0.25, 0.3) is 16.6 Å². The number of aromatic amines is 1. The molecule has 0 aliphatic carbocycles. The van der Waals surface area contributed by atoms with Gasteiger partial charge in [0.15, 0.2) is 0 Å². The smallest absolute Gasteiger partial charge is 0.257 e. The van der Waals surface area contributed by atoms with E-state index in [2.05, 4.69) is 20.5 Å². The lowest BCUT2D eigenvalue weighted by molar-refractivity contribution is 0.102. The van der Waals surface area contributed by atoms with Crippen molar-refractivity contribution in [1.82, 2.24) is 19.6 Å². The van der Waals surface area contributed by atoms with Gasteiger partial charge in [0.25, 0.3) is 5.91 Å². The summed E-state index contributed by atoms with van der Waals surface area (Å²) >= 11 is 0. The second-order valence-corrected chi connectivity index (χ2v) is 4.74.